The lowest BCUT2D eigenvalue weighted by Gasteiger charge is -2.24. The van der Waals surface area contributed by atoms with Crippen molar-refractivity contribution in [2.24, 2.45) is 11.8 Å². The Balaban J connectivity index is 1.95. The molecule has 0 bridgehead atoms. The number of rotatable bonds is 3. The smallest absolute Gasteiger partial charge is 0.124 e. The van der Waals surface area contributed by atoms with E-state index in [1.165, 1.54) is 43.4 Å². The fraction of sp³-hybridized carbons (Fsp3) is 0.533. The zero-order valence-corrected chi connectivity index (χ0v) is 9.86. The van der Waals surface area contributed by atoms with Gasteiger partial charge in [-0.25, -0.2) is 4.39 Å². The van der Waals surface area contributed by atoms with Crippen molar-refractivity contribution >= 4 is 6.29 Å². The van der Waals surface area contributed by atoms with Gasteiger partial charge in [-0.15, -0.1) is 0 Å². The monoisotopic (exact) mass is 232 g/mol. The summed E-state index contributed by atoms with van der Waals surface area (Å²) < 4.78 is 13.0. The molecule has 2 unspecified atom stereocenters. The minimum atomic E-state index is -0.196. The molecule has 2 fully saturated rings. The molecule has 0 radical (unpaired) electrons. The number of halogens is 1. The molecule has 17 heavy (non-hydrogen) atoms. The largest absolute Gasteiger partial charge is 0.303 e. The van der Waals surface area contributed by atoms with E-state index in [1.54, 1.807) is 0 Å². The minimum absolute atomic E-state index is 0.0476. The van der Waals surface area contributed by atoms with Crippen LogP contribution in [-0.4, -0.2) is 6.29 Å². The molecule has 2 saturated carbocycles. The van der Waals surface area contributed by atoms with Crippen molar-refractivity contribution in [1.82, 2.24) is 0 Å². The van der Waals surface area contributed by atoms with Crippen LogP contribution in [0.3, 0.4) is 0 Å². The van der Waals surface area contributed by atoms with E-state index < -0.39 is 0 Å². The molecule has 2 aliphatic rings. The van der Waals surface area contributed by atoms with Crippen LogP contribution in [0.25, 0.3) is 0 Å². The maximum atomic E-state index is 13.0. The molecule has 2 heteroatoms. The van der Waals surface area contributed by atoms with E-state index in [-0.39, 0.29) is 17.2 Å². The Kier molecular flexibility index (Phi) is 2.53. The first-order valence-corrected chi connectivity index (χ1v) is 6.49. The summed E-state index contributed by atoms with van der Waals surface area (Å²) in [6.07, 6.45) is 7.07. The first-order chi connectivity index (χ1) is 8.27. The van der Waals surface area contributed by atoms with Gasteiger partial charge in [0.05, 0.1) is 0 Å². The number of carbonyl (C=O) groups is 1. The molecule has 0 N–H and O–H groups in total. The van der Waals surface area contributed by atoms with Gasteiger partial charge in [-0.05, 0) is 42.9 Å². The van der Waals surface area contributed by atoms with Crippen LogP contribution in [-0.2, 0) is 10.2 Å². The molecule has 1 nitrogen and oxygen atoms in total. The summed E-state index contributed by atoms with van der Waals surface area (Å²) in [6, 6.07) is 6.78. The van der Waals surface area contributed by atoms with Crippen molar-refractivity contribution in [2.75, 3.05) is 0 Å². The lowest BCUT2D eigenvalue weighted by atomic mass is 9.80. The molecule has 0 heterocycles. The Morgan fingerprint density at radius 2 is 1.82 bits per heavy atom. The summed E-state index contributed by atoms with van der Waals surface area (Å²) in [6.45, 7) is 0. The molecule has 0 aliphatic heterocycles. The van der Waals surface area contributed by atoms with E-state index in [0.29, 0.717) is 5.92 Å². The van der Waals surface area contributed by atoms with Crippen LogP contribution in [0.2, 0.25) is 0 Å². The zero-order chi connectivity index (χ0) is 11.9. The van der Waals surface area contributed by atoms with Gasteiger partial charge in [0.2, 0.25) is 0 Å². The van der Waals surface area contributed by atoms with Gasteiger partial charge < -0.3 is 4.79 Å². The maximum absolute atomic E-state index is 13.0. The molecule has 2 atom stereocenters. The van der Waals surface area contributed by atoms with Crippen molar-refractivity contribution in [3.8, 4) is 0 Å². The Hall–Kier alpha value is -1.18. The molecule has 0 aromatic heterocycles. The zero-order valence-electron chi connectivity index (χ0n) is 9.86. The molecule has 2 aliphatic carbocycles. The van der Waals surface area contributed by atoms with Crippen molar-refractivity contribution in [2.45, 2.75) is 37.5 Å². The van der Waals surface area contributed by atoms with Crippen LogP contribution in [0.4, 0.5) is 4.39 Å². The van der Waals surface area contributed by atoms with Crippen LogP contribution in [0, 0.1) is 17.7 Å². The normalized spacial score (nSPS) is 32.6. The molecule has 1 aromatic rings. The highest BCUT2D eigenvalue weighted by molar-refractivity contribution is 5.65. The summed E-state index contributed by atoms with van der Waals surface area (Å²) in [7, 11) is 0. The van der Waals surface area contributed by atoms with E-state index in [0.717, 1.165) is 12.7 Å². The third-order valence-electron chi connectivity index (χ3n) is 4.69. The molecular formula is C15H17FO. The number of hydrogen-bond acceptors (Lipinski definition) is 1. The Morgan fingerprint density at radius 1 is 1.18 bits per heavy atom. The summed E-state index contributed by atoms with van der Waals surface area (Å²) in [4.78, 5) is 11.1. The summed E-state index contributed by atoms with van der Waals surface area (Å²) in [5, 5.41) is 0. The highest BCUT2D eigenvalue weighted by Crippen LogP contribution is 2.61. The predicted octanol–water partition coefficient (Wildman–Crippen LogP) is 3.47. The molecule has 0 amide bonds. The Bertz CT molecular complexity index is 419. The van der Waals surface area contributed by atoms with Gasteiger partial charge in [0.25, 0.3) is 0 Å². The van der Waals surface area contributed by atoms with E-state index in [2.05, 4.69) is 0 Å². The first kappa shape index (κ1) is 10.9. The van der Waals surface area contributed by atoms with Crippen LogP contribution < -0.4 is 0 Å². The molecule has 0 spiro atoms. The fourth-order valence-electron chi connectivity index (χ4n) is 3.71. The standard InChI is InChI=1S/C15H17FO/c16-14-7-5-12(6-8-14)15(9-13(15)10-17)11-3-1-2-4-11/h5-8,10-11,13H,1-4,9H2. The van der Waals surface area contributed by atoms with Crippen LogP contribution >= 0.6 is 0 Å². The van der Waals surface area contributed by atoms with Gasteiger partial charge in [0.1, 0.15) is 12.1 Å². The SMILES string of the molecule is O=CC1CC1(c1ccc(F)cc1)C1CCCC1. The van der Waals surface area contributed by atoms with Gasteiger partial charge >= 0.3 is 0 Å². The van der Waals surface area contributed by atoms with Crippen LogP contribution in [0.15, 0.2) is 24.3 Å². The predicted molar refractivity (Wildman–Crippen MR) is 64.2 cm³/mol. The number of hydrogen-bond donors (Lipinski definition) is 0. The summed E-state index contributed by atoms with van der Waals surface area (Å²) >= 11 is 0. The highest BCUT2D eigenvalue weighted by Gasteiger charge is 2.59. The number of aldehydes is 1. The topological polar surface area (TPSA) is 17.1 Å². The lowest BCUT2D eigenvalue weighted by Crippen LogP contribution is -2.21. The second-order valence-electron chi connectivity index (χ2n) is 5.48. The van der Waals surface area contributed by atoms with E-state index in [9.17, 15) is 9.18 Å². The third-order valence-corrected chi connectivity index (χ3v) is 4.69. The maximum Gasteiger partial charge on any atom is 0.124 e. The van der Waals surface area contributed by atoms with Crippen molar-refractivity contribution in [3.63, 3.8) is 0 Å². The molecular weight excluding hydrogens is 215 g/mol. The quantitative estimate of drug-likeness (QED) is 0.729. The average molecular weight is 232 g/mol. The number of benzene rings is 1. The Labute approximate surface area is 101 Å². The molecule has 0 saturated heterocycles. The van der Waals surface area contributed by atoms with Gasteiger partial charge in [-0.2, -0.15) is 0 Å². The van der Waals surface area contributed by atoms with Crippen molar-refractivity contribution < 1.29 is 9.18 Å². The second kappa shape index (κ2) is 3.94. The first-order valence-electron chi connectivity index (χ1n) is 6.49. The molecule has 1 aromatic carbocycles. The highest BCUT2D eigenvalue weighted by atomic mass is 19.1. The Morgan fingerprint density at radius 3 is 2.35 bits per heavy atom. The number of carbonyl (C=O) groups excluding carboxylic acids is 1. The van der Waals surface area contributed by atoms with Gasteiger partial charge in [-0.3, -0.25) is 0 Å². The van der Waals surface area contributed by atoms with E-state index in [4.69, 9.17) is 0 Å². The summed E-state index contributed by atoms with van der Waals surface area (Å²) in [5.41, 5.74) is 1.22. The lowest BCUT2D eigenvalue weighted by molar-refractivity contribution is -0.109. The van der Waals surface area contributed by atoms with E-state index in [1.807, 2.05) is 12.1 Å². The molecule has 3 rings (SSSR count). The van der Waals surface area contributed by atoms with Crippen LogP contribution in [0.1, 0.15) is 37.7 Å². The van der Waals surface area contributed by atoms with Crippen molar-refractivity contribution in [3.05, 3.63) is 35.6 Å². The minimum Gasteiger partial charge on any atom is -0.303 e. The van der Waals surface area contributed by atoms with Gasteiger partial charge in [0, 0.05) is 11.3 Å². The van der Waals surface area contributed by atoms with Gasteiger partial charge in [0.15, 0.2) is 0 Å². The summed E-state index contributed by atoms with van der Waals surface area (Å²) in [5.74, 6) is 0.595. The third kappa shape index (κ3) is 1.62. The van der Waals surface area contributed by atoms with Crippen molar-refractivity contribution in [1.29, 1.82) is 0 Å². The fourth-order valence-corrected chi connectivity index (χ4v) is 3.71. The van der Waals surface area contributed by atoms with E-state index >= 15 is 0 Å². The second-order valence-corrected chi connectivity index (χ2v) is 5.48. The van der Waals surface area contributed by atoms with Gasteiger partial charge in [-0.1, -0.05) is 25.0 Å². The average Bonchev–Trinajstić information content (AvgIpc) is 2.84. The molecule has 90 valence electrons. The van der Waals surface area contributed by atoms with Crippen LogP contribution in [0.5, 0.6) is 0 Å².